The molecule has 0 fully saturated rings. The summed E-state index contributed by atoms with van der Waals surface area (Å²) in [5, 5.41) is 9.16. The van der Waals surface area contributed by atoms with Crippen LogP contribution in [0.2, 0.25) is 0 Å². The summed E-state index contributed by atoms with van der Waals surface area (Å²) < 4.78 is 41.8. The molecule has 2 heterocycles. The Balaban J connectivity index is 2.08. The Kier molecular flexibility index (Phi) is 4.85. The monoisotopic (exact) mass is 366 g/mol. The molecule has 2 aromatic rings. The van der Waals surface area contributed by atoms with Crippen LogP contribution < -0.4 is 10.6 Å². The van der Waals surface area contributed by atoms with Gasteiger partial charge in [0, 0.05) is 4.88 Å². The first-order valence-corrected chi connectivity index (χ1v) is 7.51. The van der Waals surface area contributed by atoms with Gasteiger partial charge in [-0.3, -0.25) is 5.32 Å². The number of hydrogen-bond donors (Lipinski definition) is 2. The molecule has 0 bridgehead atoms. The maximum Gasteiger partial charge on any atom is 0.445 e. The van der Waals surface area contributed by atoms with Crippen LogP contribution in [0.25, 0.3) is 0 Å². The number of thiophene rings is 1. The van der Waals surface area contributed by atoms with Crippen LogP contribution in [0.3, 0.4) is 0 Å². The normalized spacial score (nSPS) is 11.2. The third kappa shape index (κ3) is 4.16. The lowest BCUT2D eigenvalue weighted by Crippen LogP contribution is -2.20. The predicted molar refractivity (Wildman–Crippen MR) is 77.9 cm³/mol. The summed E-state index contributed by atoms with van der Waals surface area (Å²) in [4.78, 5) is 24.3. The number of anilines is 2. The molecule has 0 radical (unpaired) electrons. The lowest BCUT2D eigenvalue weighted by Gasteiger charge is -2.05. The third-order valence-electron chi connectivity index (χ3n) is 2.36. The molecule has 0 aliphatic rings. The second kappa shape index (κ2) is 6.50. The average Bonchev–Trinajstić information content (AvgIpc) is 3.04. The fourth-order valence-corrected chi connectivity index (χ4v) is 2.98. The van der Waals surface area contributed by atoms with E-state index in [1.165, 1.54) is 13.2 Å². The first kappa shape index (κ1) is 17.1. The van der Waals surface area contributed by atoms with Crippen LogP contribution in [0.15, 0.2) is 6.07 Å². The number of esters is 1. The zero-order chi connectivity index (χ0) is 17.2. The van der Waals surface area contributed by atoms with Crippen molar-refractivity contribution in [3.8, 4) is 0 Å². The van der Waals surface area contributed by atoms with Crippen LogP contribution in [-0.2, 0) is 10.9 Å². The van der Waals surface area contributed by atoms with E-state index in [2.05, 4.69) is 25.6 Å². The number of carbonyl (C=O) groups excluding carboxylic acids is 2. The molecule has 2 aromatic heterocycles. The van der Waals surface area contributed by atoms with Gasteiger partial charge in [-0.25, -0.2) is 9.59 Å². The van der Waals surface area contributed by atoms with E-state index in [-0.39, 0.29) is 27.0 Å². The molecule has 12 heteroatoms. The van der Waals surface area contributed by atoms with Gasteiger partial charge in [0.1, 0.15) is 4.88 Å². The highest BCUT2D eigenvalue weighted by atomic mass is 32.1. The van der Waals surface area contributed by atoms with Gasteiger partial charge in [-0.1, -0.05) is 11.3 Å². The number of hydrogen-bond acceptors (Lipinski definition) is 7. The van der Waals surface area contributed by atoms with Gasteiger partial charge < -0.3 is 10.1 Å². The smallest absolute Gasteiger partial charge is 0.445 e. The van der Waals surface area contributed by atoms with Crippen molar-refractivity contribution in [2.75, 3.05) is 17.7 Å². The molecule has 2 N–H and O–H groups in total. The molecule has 2 rings (SSSR count). The van der Waals surface area contributed by atoms with Crippen molar-refractivity contribution in [1.82, 2.24) is 10.2 Å². The fourth-order valence-electron chi connectivity index (χ4n) is 1.49. The minimum Gasteiger partial charge on any atom is -0.465 e. The number of amides is 2. The van der Waals surface area contributed by atoms with Crippen LogP contribution in [-0.4, -0.2) is 29.3 Å². The molecule has 2 amide bonds. The molecule has 7 nitrogen and oxygen atoms in total. The summed E-state index contributed by atoms with van der Waals surface area (Å²) in [7, 11) is 1.20. The zero-order valence-electron chi connectivity index (χ0n) is 11.6. The number of methoxy groups -OCH3 is 1. The van der Waals surface area contributed by atoms with E-state index >= 15 is 0 Å². The van der Waals surface area contributed by atoms with Gasteiger partial charge in [0.15, 0.2) is 0 Å². The molecular weight excluding hydrogens is 357 g/mol. The minimum absolute atomic E-state index is 0.174. The SMILES string of the molecule is COC(=O)c1sc(C)cc1NC(=O)Nc1nnc(C(F)(F)F)s1. The highest BCUT2D eigenvalue weighted by molar-refractivity contribution is 7.15. The second-order valence-corrected chi connectivity index (χ2v) is 6.31. The van der Waals surface area contributed by atoms with Gasteiger partial charge in [-0.05, 0) is 13.0 Å². The summed E-state index contributed by atoms with van der Waals surface area (Å²) in [5.74, 6) is -0.631. The molecule has 0 atom stereocenters. The fraction of sp³-hybridized carbons (Fsp3) is 0.273. The minimum atomic E-state index is -4.63. The molecule has 0 saturated carbocycles. The highest BCUT2D eigenvalue weighted by Crippen LogP contribution is 2.33. The maximum atomic E-state index is 12.4. The number of aromatic nitrogens is 2. The molecule has 0 aromatic carbocycles. The standard InChI is InChI=1S/C11H9F3N4O3S2/c1-4-3-5(6(22-4)7(19)21-2)15-9(20)16-10-18-17-8(23-10)11(12,13)14/h3H,1-2H3,(H2,15,16,18,20). The van der Waals surface area contributed by atoms with Crippen molar-refractivity contribution in [3.05, 3.63) is 20.8 Å². The highest BCUT2D eigenvalue weighted by Gasteiger charge is 2.35. The van der Waals surface area contributed by atoms with Crippen molar-refractivity contribution in [2.45, 2.75) is 13.1 Å². The number of urea groups is 1. The van der Waals surface area contributed by atoms with E-state index in [0.29, 0.717) is 0 Å². The van der Waals surface area contributed by atoms with Crippen LogP contribution >= 0.6 is 22.7 Å². The Bertz CT molecular complexity index is 741. The number of alkyl halides is 3. The molecule has 124 valence electrons. The van der Waals surface area contributed by atoms with E-state index in [1.54, 1.807) is 6.92 Å². The van der Waals surface area contributed by atoms with E-state index in [0.717, 1.165) is 16.2 Å². The van der Waals surface area contributed by atoms with Gasteiger partial charge in [0.2, 0.25) is 10.1 Å². The molecule has 0 spiro atoms. The quantitative estimate of drug-likeness (QED) is 0.813. The first-order valence-electron chi connectivity index (χ1n) is 5.88. The molecule has 0 unspecified atom stereocenters. The number of aryl methyl sites for hydroxylation is 1. The van der Waals surface area contributed by atoms with Gasteiger partial charge in [0.05, 0.1) is 12.8 Å². The number of rotatable bonds is 3. The largest absolute Gasteiger partial charge is 0.465 e. The van der Waals surface area contributed by atoms with Crippen LogP contribution in [0.4, 0.5) is 28.8 Å². The van der Waals surface area contributed by atoms with Crippen molar-refractivity contribution in [1.29, 1.82) is 0 Å². The predicted octanol–water partition coefficient (Wildman–Crippen LogP) is 3.36. The Morgan fingerprint density at radius 1 is 1.22 bits per heavy atom. The Labute approximate surface area is 135 Å². The van der Waals surface area contributed by atoms with Crippen LogP contribution in [0.1, 0.15) is 19.6 Å². The molecule has 0 aliphatic heterocycles. The summed E-state index contributed by atoms with van der Waals surface area (Å²) in [6, 6.07) is 0.690. The Morgan fingerprint density at radius 3 is 2.48 bits per heavy atom. The number of nitrogens with one attached hydrogen (secondary N) is 2. The van der Waals surface area contributed by atoms with E-state index in [9.17, 15) is 22.8 Å². The van der Waals surface area contributed by atoms with E-state index in [1.807, 2.05) is 0 Å². The van der Waals surface area contributed by atoms with Crippen molar-refractivity contribution >= 4 is 45.5 Å². The first-order chi connectivity index (χ1) is 10.7. The molecule has 0 aliphatic carbocycles. The number of ether oxygens (including phenoxy) is 1. The van der Waals surface area contributed by atoms with Gasteiger partial charge in [-0.2, -0.15) is 13.2 Å². The van der Waals surface area contributed by atoms with Crippen molar-refractivity contribution in [3.63, 3.8) is 0 Å². The van der Waals surface area contributed by atoms with E-state index < -0.39 is 23.2 Å². The number of nitrogens with zero attached hydrogens (tertiary/aromatic N) is 2. The van der Waals surface area contributed by atoms with Crippen molar-refractivity contribution < 1.29 is 27.5 Å². The lowest BCUT2D eigenvalue weighted by atomic mass is 10.3. The molecule has 23 heavy (non-hydrogen) atoms. The molecule has 0 saturated heterocycles. The zero-order valence-corrected chi connectivity index (χ0v) is 13.3. The summed E-state index contributed by atoms with van der Waals surface area (Å²) >= 11 is 1.30. The van der Waals surface area contributed by atoms with Crippen molar-refractivity contribution in [2.24, 2.45) is 0 Å². The van der Waals surface area contributed by atoms with Gasteiger partial charge in [-0.15, -0.1) is 21.5 Å². The van der Waals surface area contributed by atoms with E-state index in [4.69, 9.17) is 0 Å². The Hall–Kier alpha value is -2.21. The summed E-state index contributed by atoms with van der Waals surface area (Å²) in [6.07, 6.45) is -4.63. The average molecular weight is 366 g/mol. The number of carbonyl (C=O) groups is 2. The molecular formula is C11H9F3N4O3S2. The van der Waals surface area contributed by atoms with Gasteiger partial charge in [0.25, 0.3) is 0 Å². The van der Waals surface area contributed by atoms with Crippen LogP contribution in [0.5, 0.6) is 0 Å². The summed E-state index contributed by atoms with van der Waals surface area (Å²) in [6.45, 7) is 1.72. The third-order valence-corrected chi connectivity index (χ3v) is 4.28. The second-order valence-electron chi connectivity index (χ2n) is 4.08. The Morgan fingerprint density at radius 2 is 1.91 bits per heavy atom. The lowest BCUT2D eigenvalue weighted by molar-refractivity contribution is -0.138. The number of halogens is 3. The topological polar surface area (TPSA) is 93.2 Å². The van der Waals surface area contributed by atoms with Crippen LogP contribution in [0, 0.1) is 6.92 Å². The maximum absolute atomic E-state index is 12.4. The van der Waals surface area contributed by atoms with Gasteiger partial charge >= 0.3 is 18.2 Å². The summed E-state index contributed by atoms with van der Waals surface area (Å²) in [5.41, 5.74) is 0.192.